The molecule has 1 aromatic rings. The van der Waals surface area contributed by atoms with E-state index >= 15 is 0 Å². The topological polar surface area (TPSA) is 72.3 Å². The van der Waals surface area contributed by atoms with E-state index in [0.29, 0.717) is 17.0 Å². The van der Waals surface area contributed by atoms with Crippen LogP contribution in [0.3, 0.4) is 0 Å². The quantitative estimate of drug-likeness (QED) is 0.643. The smallest absolute Gasteiger partial charge is 0.341 e. The van der Waals surface area contributed by atoms with Gasteiger partial charge >= 0.3 is 12.0 Å². The second-order valence-corrected chi connectivity index (χ2v) is 2.56. The van der Waals surface area contributed by atoms with Crippen molar-refractivity contribution >= 4 is 5.97 Å². The molecule has 0 fully saturated rings. The van der Waals surface area contributed by atoms with Gasteiger partial charge in [-0.1, -0.05) is 0 Å². The first-order chi connectivity index (χ1) is 6.06. The Bertz CT molecular complexity index is 326. The molecule has 0 saturated heterocycles. The lowest BCUT2D eigenvalue weighted by Crippen LogP contribution is -2.09. The van der Waals surface area contributed by atoms with Gasteiger partial charge in [-0.3, -0.25) is 0 Å². The second kappa shape index (κ2) is 3.38. The van der Waals surface area contributed by atoms with Crippen LogP contribution in [0.4, 0.5) is 0 Å². The maximum absolute atomic E-state index is 11.2. The summed E-state index contributed by atoms with van der Waals surface area (Å²) in [6.45, 7) is 3.22. The van der Waals surface area contributed by atoms with Gasteiger partial charge in [-0.15, -0.1) is 0 Å². The predicted molar refractivity (Wildman–Crippen MR) is 44.5 cm³/mol. The molecule has 70 valence electrons. The van der Waals surface area contributed by atoms with Crippen LogP contribution >= 0.6 is 0 Å². The highest BCUT2D eigenvalue weighted by molar-refractivity contribution is 5.91. The van der Waals surface area contributed by atoms with Crippen LogP contribution in [-0.2, 0) is 4.74 Å². The molecule has 0 aliphatic carbocycles. The van der Waals surface area contributed by atoms with E-state index in [2.05, 4.69) is 14.7 Å². The second-order valence-electron chi connectivity index (χ2n) is 2.56. The van der Waals surface area contributed by atoms with Crippen LogP contribution in [0.5, 0.6) is 6.01 Å². The number of ether oxygens (including phenoxy) is 1. The fourth-order valence-electron chi connectivity index (χ4n) is 1.10. The number of hydrogen-bond donors (Lipinski definition) is 1. The van der Waals surface area contributed by atoms with Crippen molar-refractivity contribution in [3.63, 3.8) is 0 Å². The number of aromatic nitrogens is 2. The van der Waals surface area contributed by atoms with Crippen LogP contribution in [0, 0.1) is 13.8 Å². The van der Waals surface area contributed by atoms with Crippen LogP contribution in [0.15, 0.2) is 0 Å². The average molecular weight is 182 g/mol. The summed E-state index contributed by atoms with van der Waals surface area (Å²) in [6.07, 6.45) is 0. The van der Waals surface area contributed by atoms with Gasteiger partial charge < -0.3 is 9.84 Å². The Hall–Kier alpha value is -1.65. The van der Waals surface area contributed by atoms with Crippen LogP contribution < -0.4 is 0 Å². The molecule has 0 spiro atoms. The SMILES string of the molecule is COC(=O)c1c(C)nc(O)nc1C. The van der Waals surface area contributed by atoms with Crippen molar-refractivity contribution in [3.8, 4) is 6.01 Å². The third-order valence-corrected chi connectivity index (χ3v) is 1.65. The number of rotatable bonds is 1. The van der Waals surface area contributed by atoms with E-state index in [0.717, 1.165) is 0 Å². The Morgan fingerprint density at radius 2 is 1.77 bits per heavy atom. The van der Waals surface area contributed by atoms with Crippen molar-refractivity contribution in [1.82, 2.24) is 9.97 Å². The Morgan fingerprint density at radius 1 is 1.31 bits per heavy atom. The Kier molecular flexibility index (Phi) is 2.46. The summed E-state index contributed by atoms with van der Waals surface area (Å²) in [5, 5.41) is 9.00. The number of hydrogen-bond acceptors (Lipinski definition) is 5. The van der Waals surface area contributed by atoms with E-state index in [4.69, 9.17) is 5.11 Å². The first kappa shape index (κ1) is 9.44. The Balaban J connectivity index is 3.28. The molecule has 0 unspecified atom stereocenters. The summed E-state index contributed by atoms with van der Waals surface area (Å²) in [6, 6.07) is -0.331. The molecule has 1 heterocycles. The zero-order valence-corrected chi connectivity index (χ0v) is 7.66. The molecule has 5 heteroatoms. The van der Waals surface area contributed by atoms with Gasteiger partial charge in [-0.2, -0.15) is 9.97 Å². The largest absolute Gasteiger partial charge is 0.479 e. The highest BCUT2D eigenvalue weighted by Gasteiger charge is 2.15. The maximum atomic E-state index is 11.2. The van der Waals surface area contributed by atoms with Crippen molar-refractivity contribution in [2.45, 2.75) is 13.8 Å². The van der Waals surface area contributed by atoms with Crippen LogP contribution in [-0.4, -0.2) is 28.2 Å². The van der Waals surface area contributed by atoms with Gasteiger partial charge in [0.05, 0.1) is 18.5 Å². The molecule has 1 N–H and O–H groups in total. The fraction of sp³-hybridized carbons (Fsp3) is 0.375. The molecular weight excluding hydrogens is 172 g/mol. The summed E-state index contributed by atoms with van der Waals surface area (Å²) in [7, 11) is 1.29. The summed E-state index contributed by atoms with van der Waals surface area (Å²) < 4.78 is 4.54. The van der Waals surface area contributed by atoms with Gasteiger partial charge in [0.2, 0.25) is 0 Å². The molecule has 1 aromatic heterocycles. The number of aromatic hydroxyl groups is 1. The summed E-state index contributed by atoms with van der Waals surface area (Å²) in [5.41, 5.74) is 1.13. The Morgan fingerprint density at radius 3 is 2.15 bits per heavy atom. The minimum Gasteiger partial charge on any atom is -0.479 e. The third kappa shape index (κ3) is 1.74. The zero-order chi connectivity index (χ0) is 10.0. The van der Waals surface area contributed by atoms with Gasteiger partial charge in [0.25, 0.3) is 0 Å². The summed E-state index contributed by atoms with van der Waals surface area (Å²) >= 11 is 0. The highest BCUT2D eigenvalue weighted by Crippen LogP contribution is 2.13. The van der Waals surface area contributed by atoms with Crippen LogP contribution in [0.1, 0.15) is 21.7 Å². The fourth-order valence-corrected chi connectivity index (χ4v) is 1.10. The predicted octanol–water partition coefficient (Wildman–Crippen LogP) is 0.586. The lowest BCUT2D eigenvalue weighted by molar-refractivity contribution is 0.0597. The van der Waals surface area contributed by atoms with Gasteiger partial charge in [-0.05, 0) is 13.8 Å². The minimum absolute atomic E-state index is 0.306. The first-order valence-corrected chi connectivity index (χ1v) is 3.68. The van der Waals surface area contributed by atoms with Crippen LogP contribution in [0.25, 0.3) is 0 Å². The van der Waals surface area contributed by atoms with Crippen LogP contribution in [0.2, 0.25) is 0 Å². The molecule has 0 aromatic carbocycles. The number of carbonyl (C=O) groups is 1. The van der Waals surface area contributed by atoms with E-state index < -0.39 is 5.97 Å². The molecule has 0 atom stereocenters. The van der Waals surface area contributed by atoms with E-state index in [9.17, 15) is 4.79 Å². The van der Waals surface area contributed by atoms with Crippen molar-refractivity contribution in [1.29, 1.82) is 0 Å². The summed E-state index contributed by atoms with van der Waals surface area (Å²) in [5.74, 6) is -0.491. The third-order valence-electron chi connectivity index (χ3n) is 1.65. The molecule has 0 aliphatic heterocycles. The first-order valence-electron chi connectivity index (χ1n) is 3.68. The Labute approximate surface area is 75.4 Å². The van der Waals surface area contributed by atoms with Crippen molar-refractivity contribution in [2.75, 3.05) is 7.11 Å². The number of nitrogens with zero attached hydrogens (tertiary/aromatic N) is 2. The normalized spacial score (nSPS) is 9.77. The molecule has 5 nitrogen and oxygen atoms in total. The molecule has 0 radical (unpaired) electrons. The zero-order valence-electron chi connectivity index (χ0n) is 7.66. The maximum Gasteiger partial charge on any atom is 0.341 e. The van der Waals surface area contributed by atoms with E-state index in [1.165, 1.54) is 7.11 Å². The van der Waals surface area contributed by atoms with Gasteiger partial charge in [-0.25, -0.2) is 4.79 Å². The van der Waals surface area contributed by atoms with Gasteiger partial charge in [0, 0.05) is 0 Å². The van der Waals surface area contributed by atoms with Crippen molar-refractivity contribution in [2.24, 2.45) is 0 Å². The van der Waals surface area contributed by atoms with E-state index in [1.54, 1.807) is 13.8 Å². The van der Waals surface area contributed by atoms with E-state index in [-0.39, 0.29) is 6.01 Å². The molecule has 0 amide bonds. The summed E-state index contributed by atoms with van der Waals surface area (Å²) in [4.78, 5) is 18.5. The molecule has 0 aliphatic rings. The van der Waals surface area contributed by atoms with Gasteiger partial charge in [0.1, 0.15) is 5.56 Å². The van der Waals surface area contributed by atoms with Gasteiger partial charge in [0.15, 0.2) is 0 Å². The average Bonchev–Trinajstić information content (AvgIpc) is 2.02. The monoisotopic (exact) mass is 182 g/mol. The molecule has 0 bridgehead atoms. The number of esters is 1. The lowest BCUT2D eigenvalue weighted by Gasteiger charge is -2.05. The molecule has 0 saturated carbocycles. The molecular formula is C8H10N2O3. The standard InChI is InChI=1S/C8H10N2O3/c1-4-6(7(11)13-3)5(2)10-8(12)9-4/h1-3H3,(H,9,10,12). The van der Waals surface area contributed by atoms with Crippen molar-refractivity contribution < 1.29 is 14.6 Å². The van der Waals surface area contributed by atoms with E-state index in [1.807, 2.05) is 0 Å². The number of carbonyl (C=O) groups excluding carboxylic acids is 1. The number of aryl methyl sites for hydroxylation is 2. The lowest BCUT2D eigenvalue weighted by atomic mass is 10.2. The minimum atomic E-state index is -0.491. The highest BCUT2D eigenvalue weighted by atomic mass is 16.5. The van der Waals surface area contributed by atoms with Crippen molar-refractivity contribution in [3.05, 3.63) is 17.0 Å². The molecule has 1 rings (SSSR count). The number of methoxy groups -OCH3 is 1. The molecule has 13 heavy (non-hydrogen) atoms.